The lowest BCUT2D eigenvalue weighted by Gasteiger charge is -2.36. The molecule has 0 aromatic heterocycles. The van der Waals surface area contributed by atoms with Crippen LogP contribution < -0.4 is 20.1 Å². The molecule has 3 aliphatic heterocycles. The van der Waals surface area contributed by atoms with E-state index in [1.165, 1.54) is 20.0 Å². The first-order valence-electron chi connectivity index (χ1n) is 14.9. The van der Waals surface area contributed by atoms with Gasteiger partial charge in [0.1, 0.15) is 9.84 Å². The van der Waals surface area contributed by atoms with Gasteiger partial charge >= 0.3 is 0 Å². The molecule has 228 valence electrons. The van der Waals surface area contributed by atoms with Crippen molar-refractivity contribution in [1.82, 2.24) is 15.1 Å². The van der Waals surface area contributed by atoms with Crippen LogP contribution in [0.5, 0.6) is 11.5 Å². The van der Waals surface area contributed by atoms with Gasteiger partial charge in [-0.1, -0.05) is 12.1 Å². The number of nitrogens with one attached hydrogen (secondary N) is 2. The van der Waals surface area contributed by atoms with E-state index in [-0.39, 0.29) is 11.6 Å². The van der Waals surface area contributed by atoms with E-state index in [1.54, 1.807) is 30.3 Å². The lowest BCUT2D eigenvalue weighted by Crippen LogP contribution is -2.43. The number of anilines is 1. The molecule has 2 aromatic carbocycles. The van der Waals surface area contributed by atoms with Crippen LogP contribution in [0.4, 0.5) is 5.69 Å². The fourth-order valence-electron chi connectivity index (χ4n) is 6.39. The van der Waals surface area contributed by atoms with Crippen LogP contribution in [-0.4, -0.2) is 94.5 Å². The monoisotopic (exact) mass is 598 g/mol. The number of fused-ring (bicyclic) bond motifs is 1. The Kier molecular flexibility index (Phi) is 9.39. The highest BCUT2D eigenvalue weighted by atomic mass is 32.2. The van der Waals surface area contributed by atoms with Gasteiger partial charge in [0, 0.05) is 37.6 Å². The number of methoxy groups -OCH3 is 1. The molecule has 2 amide bonds. The molecule has 2 fully saturated rings. The fourth-order valence-corrected chi connectivity index (χ4v) is 7.31. The van der Waals surface area contributed by atoms with Crippen molar-refractivity contribution in [2.75, 3.05) is 63.8 Å². The molecule has 42 heavy (non-hydrogen) atoms. The number of likely N-dealkylation sites (tertiary alicyclic amines) is 1. The Bertz CT molecular complexity index is 1400. The second-order valence-electron chi connectivity index (χ2n) is 11.6. The Morgan fingerprint density at radius 3 is 2.43 bits per heavy atom. The van der Waals surface area contributed by atoms with E-state index in [0.717, 1.165) is 62.6 Å². The number of rotatable bonds is 11. The smallest absolute Gasteiger partial charge is 0.264 e. The quantitative estimate of drug-likeness (QED) is 0.376. The number of piperidine rings is 2. The van der Waals surface area contributed by atoms with Crippen LogP contribution in [-0.2, 0) is 9.84 Å². The first-order valence-corrected chi connectivity index (χ1v) is 16.9. The van der Waals surface area contributed by atoms with Crippen molar-refractivity contribution in [2.45, 2.75) is 44.7 Å². The van der Waals surface area contributed by atoms with Gasteiger partial charge in [-0.05, 0) is 81.4 Å². The summed E-state index contributed by atoms with van der Waals surface area (Å²) in [4.78, 5) is 31.3. The van der Waals surface area contributed by atoms with Crippen molar-refractivity contribution in [2.24, 2.45) is 5.92 Å². The second-order valence-corrected chi connectivity index (χ2v) is 13.8. The van der Waals surface area contributed by atoms with Crippen LogP contribution in [0.2, 0.25) is 0 Å². The third kappa shape index (κ3) is 6.74. The van der Waals surface area contributed by atoms with Crippen molar-refractivity contribution < 1.29 is 27.5 Å². The predicted octanol–water partition coefficient (Wildman–Crippen LogP) is 3.35. The van der Waals surface area contributed by atoms with Crippen LogP contribution >= 0.6 is 0 Å². The first kappa shape index (κ1) is 30.3. The first-order chi connectivity index (χ1) is 20.2. The van der Waals surface area contributed by atoms with Crippen molar-refractivity contribution in [3.8, 4) is 11.5 Å². The van der Waals surface area contributed by atoms with Crippen LogP contribution in [0.15, 0.2) is 36.4 Å². The Hall–Kier alpha value is -3.15. The van der Waals surface area contributed by atoms with Crippen LogP contribution in [0, 0.1) is 5.92 Å². The van der Waals surface area contributed by atoms with Gasteiger partial charge in [-0.25, -0.2) is 8.42 Å². The largest absolute Gasteiger partial charge is 0.493 e. The average Bonchev–Trinajstić information content (AvgIpc) is 3.23. The average molecular weight is 599 g/mol. The number of carbonyl (C=O) groups is 2. The molecule has 3 aliphatic rings. The molecule has 10 nitrogen and oxygen atoms in total. The minimum atomic E-state index is -3.57. The van der Waals surface area contributed by atoms with Gasteiger partial charge in [-0.3, -0.25) is 14.5 Å². The van der Waals surface area contributed by atoms with E-state index >= 15 is 0 Å². The summed E-state index contributed by atoms with van der Waals surface area (Å²) in [5.74, 6) is 0.241. The number of imide groups is 1. The predicted molar refractivity (Wildman–Crippen MR) is 162 cm³/mol. The summed E-state index contributed by atoms with van der Waals surface area (Å²) < 4.78 is 36.2. The highest BCUT2D eigenvalue weighted by molar-refractivity contribution is 7.90. The van der Waals surface area contributed by atoms with Crippen molar-refractivity contribution >= 4 is 27.3 Å². The number of benzene rings is 2. The normalized spacial score (nSPS) is 19.5. The lowest BCUT2D eigenvalue weighted by molar-refractivity contribution is 0.0597. The molecule has 0 bridgehead atoms. The molecule has 2 aromatic rings. The Morgan fingerprint density at radius 1 is 1.02 bits per heavy atom. The van der Waals surface area contributed by atoms with Gasteiger partial charge in [-0.15, -0.1) is 0 Å². The summed E-state index contributed by atoms with van der Waals surface area (Å²) in [6, 6.07) is 9.40. The summed E-state index contributed by atoms with van der Waals surface area (Å²) >= 11 is 0. The Balaban J connectivity index is 1.36. The molecule has 0 spiro atoms. The van der Waals surface area contributed by atoms with E-state index in [0.29, 0.717) is 34.9 Å². The zero-order valence-corrected chi connectivity index (χ0v) is 25.5. The minimum absolute atomic E-state index is 0.180. The Morgan fingerprint density at radius 2 is 1.76 bits per heavy atom. The Labute approximate surface area is 248 Å². The van der Waals surface area contributed by atoms with Crippen molar-refractivity contribution in [1.29, 1.82) is 0 Å². The van der Waals surface area contributed by atoms with Gasteiger partial charge in [0.05, 0.1) is 36.6 Å². The van der Waals surface area contributed by atoms with E-state index in [1.807, 2.05) is 13.0 Å². The van der Waals surface area contributed by atoms with Gasteiger partial charge in [-0.2, -0.15) is 0 Å². The highest BCUT2D eigenvalue weighted by Crippen LogP contribution is 2.39. The molecule has 3 heterocycles. The second kappa shape index (κ2) is 13.0. The summed E-state index contributed by atoms with van der Waals surface area (Å²) in [7, 11) is -2.06. The maximum absolute atomic E-state index is 14.0. The van der Waals surface area contributed by atoms with E-state index < -0.39 is 33.4 Å². The number of hydrogen-bond donors (Lipinski definition) is 2. The van der Waals surface area contributed by atoms with Crippen molar-refractivity contribution in [3.05, 3.63) is 53.1 Å². The van der Waals surface area contributed by atoms with E-state index in [2.05, 4.69) is 15.5 Å². The molecular formula is C31H42N4O6S. The summed E-state index contributed by atoms with van der Waals surface area (Å²) in [6.45, 7) is 7.52. The number of ether oxygens (including phenoxy) is 2. The number of sulfone groups is 1. The molecule has 0 unspecified atom stereocenters. The van der Waals surface area contributed by atoms with E-state index in [9.17, 15) is 18.0 Å². The topological polar surface area (TPSA) is 117 Å². The molecule has 2 N–H and O–H groups in total. The lowest BCUT2D eigenvalue weighted by atomic mass is 9.95. The molecule has 0 radical (unpaired) electrons. The van der Waals surface area contributed by atoms with E-state index in [4.69, 9.17) is 9.47 Å². The molecule has 5 rings (SSSR count). The molecule has 0 aliphatic carbocycles. The number of hydrogen-bond acceptors (Lipinski definition) is 9. The number of carbonyl (C=O) groups excluding carboxylic acids is 2. The zero-order valence-electron chi connectivity index (χ0n) is 24.7. The molecule has 1 atom stereocenters. The molecule has 0 saturated carbocycles. The molecular weight excluding hydrogens is 556 g/mol. The summed E-state index contributed by atoms with van der Waals surface area (Å²) in [5.41, 5.74) is 1.69. The number of nitrogens with zero attached hydrogens (tertiary/aromatic N) is 2. The van der Waals surface area contributed by atoms with Crippen LogP contribution in [0.1, 0.15) is 64.9 Å². The standard InChI is InChI=1S/C31H42N4O6S/c1-4-41-28-18-22(8-9-27(28)40-2)26(20-42(3,38)39)35-30(36)24-6-5-7-25(29(24)31(35)37)33-23-12-16-34(17-13-23)19-21-10-14-32-15-11-21/h5-9,18,21,23,26,32-33H,4,10-17,19-20H2,1-3H3/t26-/m1/s1. The highest BCUT2D eigenvalue weighted by Gasteiger charge is 2.43. The fraction of sp³-hybridized carbons (Fsp3) is 0.548. The third-order valence-electron chi connectivity index (χ3n) is 8.51. The SMILES string of the molecule is CCOc1cc([C@@H](CS(C)(=O)=O)N2C(=O)c3cccc(NC4CCN(CC5CCNCC5)CC4)c3C2=O)ccc1OC. The van der Waals surface area contributed by atoms with Crippen LogP contribution in [0.25, 0.3) is 0 Å². The maximum atomic E-state index is 14.0. The summed E-state index contributed by atoms with van der Waals surface area (Å²) in [5, 5.41) is 6.99. The zero-order chi connectivity index (χ0) is 29.9. The van der Waals surface area contributed by atoms with Gasteiger partial charge in [0.25, 0.3) is 11.8 Å². The van der Waals surface area contributed by atoms with Gasteiger partial charge < -0.3 is 25.0 Å². The summed E-state index contributed by atoms with van der Waals surface area (Å²) in [6.07, 6.45) is 5.46. The van der Waals surface area contributed by atoms with Crippen molar-refractivity contribution in [3.63, 3.8) is 0 Å². The molecule has 11 heteroatoms. The third-order valence-corrected chi connectivity index (χ3v) is 9.43. The van der Waals surface area contributed by atoms with Gasteiger partial charge in [0.15, 0.2) is 11.5 Å². The van der Waals surface area contributed by atoms with Gasteiger partial charge in [0.2, 0.25) is 0 Å². The number of amides is 2. The maximum Gasteiger partial charge on any atom is 0.264 e. The van der Waals surface area contributed by atoms with Crippen LogP contribution in [0.3, 0.4) is 0 Å². The minimum Gasteiger partial charge on any atom is -0.493 e. The molecule has 2 saturated heterocycles.